The lowest BCUT2D eigenvalue weighted by Crippen LogP contribution is -1.99. The minimum Gasteiger partial charge on any atom is -0.374 e. The predicted octanol–water partition coefficient (Wildman–Crippen LogP) is 3.50. The average molecular weight is 252 g/mol. The quantitative estimate of drug-likeness (QED) is 0.794. The first-order valence-electron chi connectivity index (χ1n) is 4.55. The van der Waals surface area contributed by atoms with Crippen molar-refractivity contribution in [3.05, 3.63) is 27.7 Å². The molecule has 1 nitrogen and oxygen atoms in total. The van der Waals surface area contributed by atoms with Crippen LogP contribution in [0.3, 0.4) is 0 Å². The first kappa shape index (κ1) is 11.1. The maximum atomic E-state index is 3.54. The van der Waals surface area contributed by atoms with Gasteiger partial charge in [0.25, 0.3) is 0 Å². The van der Waals surface area contributed by atoms with Crippen molar-refractivity contribution in [2.24, 2.45) is 0 Å². The molecule has 74 valence electrons. The van der Waals surface area contributed by atoms with Gasteiger partial charge in [-0.1, -0.05) is 21.9 Å². The molecule has 0 fully saturated rings. The van der Waals surface area contributed by atoms with Crippen LogP contribution in [0.4, 0.5) is 5.69 Å². The second-order valence-electron chi connectivity index (χ2n) is 3.20. The SMILES string of the molecule is CC#CCNc1cc(C)c(Br)c(C)c1. The molecule has 2 heteroatoms. The van der Waals surface area contributed by atoms with E-state index in [4.69, 9.17) is 0 Å². The van der Waals surface area contributed by atoms with Gasteiger partial charge < -0.3 is 5.32 Å². The van der Waals surface area contributed by atoms with E-state index in [0.717, 1.165) is 5.69 Å². The van der Waals surface area contributed by atoms with Gasteiger partial charge in [-0.15, -0.1) is 5.92 Å². The van der Waals surface area contributed by atoms with E-state index in [1.807, 2.05) is 6.92 Å². The molecule has 0 bridgehead atoms. The third kappa shape index (κ3) is 2.78. The Balaban J connectivity index is 2.82. The van der Waals surface area contributed by atoms with Gasteiger partial charge in [0.05, 0.1) is 6.54 Å². The molecule has 1 rings (SSSR count). The van der Waals surface area contributed by atoms with Crippen LogP contribution in [0.15, 0.2) is 16.6 Å². The molecule has 0 spiro atoms. The molecule has 0 aliphatic heterocycles. The Labute approximate surface area is 94.0 Å². The van der Waals surface area contributed by atoms with Crippen molar-refractivity contribution in [1.82, 2.24) is 0 Å². The second-order valence-corrected chi connectivity index (χ2v) is 4.00. The standard InChI is InChI=1S/C12H14BrN/c1-4-5-6-14-11-7-9(2)12(13)10(3)8-11/h7-8,14H,6H2,1-3H3. The molecule has 0 heterocycles. The molecular weight excluding hydrogens is 238 g/mol. The molecule has 0 saturated heterocycles. The molecule has 0 aromatic heterocycles. The minimum absolute atomic E-state index is 0.705. The van der Waals surface area contributed by atoms with Crippen LogP contribution >= 0.6 is 15.9 Å². The Hall–Kier alpha value is -0.940. The summed E-state index contributed by atoms with van der Waals surface area (Å²) in [5.74, 6) is 5.83. The average Bonchev–Trinajstić information content (AvgIpc) is 2.14. The number of benzene rings is 1. The molecule has 0 aliphatic rings. The summed E-state index contributed by atoms with van der Waals surface area (Å²) >= 11 is 3.54. The fourth-order valence-electron chi connectivity index (χ4n) is 1.28. The lowest BCUT2D eigenvalue weighted by atomic mass is 10.1. The Bertz CT molecular complexity index is 362. The fourth-order valence-corrected chi connectivity index (χ4v) is 1.51. The van der Waals surface area contributed by atoms with Crippen molar-refractivity contribution < 1.29 is 0 Å². The first-order chi connectivity index (χ1) is 6.65. The molecule has 0 radical (unpaired) electrons. The molecule has 1 aromatic carbocycles. The molecule has 0 atom stereocenters. The molecule has 14 heavy (non-hydrogen) atoms. The number of aryl methyl sites for hydroxylation is 2. The Morgan fingerprint density at radius 2 is 1.86 bits per heavy atom. The van der Waals surface area contributed by atoms with Gasteiger partial charge >= 0.3 is 0 Å². The van der Waals surface area contributed by atoms with Crippen LogP contribution in [0.1, 0.15) is 18.1 Å². The number of nitrogens with one attached hydrogen (secondary N) is 1. The highest BCUT2D eigenvalue weighted by atomic mass is 79.9. The number of anilines is 1. The molecule has 0 unspecified atom stereocenters. The van der Waals surface area contributed by atoms with Crippen molar-refractivity contribution in [2.45, 2.75) is 20.8 Å². The summed E-state index contributed by atoms with van der Waals surface area (Å²) in [6.45, 7) is 6.73. The van der Waals surface area contributed by atoms with E-state index in [9.17, 15) is 0 Å². The summed E-state index contributed by atoms with van der Waals surface area (Å²) < 4.78 is 1.18. The number of hydrogen-bond donors (Lipinski definition) is 1. The van der Waals surface area contributed by atoms with Crippen molar-refractivity contribution in [3.8, 4) is 11.8 Å². The largest absolute Gasteiger partial charge is 0.374 e. The van der Waals surface area contributed by atoms with Gasteiger partial charge in [-0.3, -0.25) is 0 Å². The van der Waals surface area contributed by atoms with E-state index >= 15 is 0 Å². The summed E-state index contributed by atoms with van der Waals surface area (Å²) in [6.07, 6.45) is 0. The van der Waals surface area contributed by atoms with E-state index in [0.29, 0.717) is 6.54 Å². The van der Waals surface area contributed by atoms with Gasteiger partial charge in [0, 0.05) is 10.2 Å². The van der Waals surface area contributed by atoms with Gasteiger partial charge in [-0.25, -0.2) is 0 Å². The van der Waals surface area contributed by atoms with Crippen molar-refractivity contribution in [1.29, 1.82) is 0 Å². The summed E-state index contributed by atoms with van der Waals surface area (Å²) in [4.78, 5) is 0. The van der Waals surface area contributed by atoms with E-state index in [1.54, 1.807) is 0 Å². The van der Waals surface area contributed by atoms with Crippen LogP contribution in [-0.4, -0.2) is 6.54 Å². The smallest absolute Gasteiger partial charge is 0.0765 e. The maximum Gasteiger partial charge on any atom is 0.0765 e. The molecule has 0 amide bonds. The van der Waals surface area contributed by atoms with Crippen LogP contribution in [0.25, 0.3) is 0 Å². The summed E-state index contributed by atoms with van der Waals surface area (Å²) in [7, 11) is 0. The Morgan fingerprint density at radius 3 is 2.36 bits per heavy atom. The van der Waals surface area contributed by atoms with Gasteiger partial charge in [-0.2, -0.15) is 0 Å². The molecular formula is C12H14BrN. The summed E-state index contributed by atoms with van der Waals surface area (Å²) in [5, 5.41) is 3.26. The molecule has 1 aromatic rings. The van der Waals surface area contributed by atoms with Crippen molar-refractivity contribution in [2.75, 3.05) is 11.9 Å². The van der Waals surface area contributed by atoms with Gasteiger partial charge in [0.2, 0.25) is 0 Å². The number of rotatable bonds is 2. The first-order valence-corrected chi connectivity index (χ1v) is 5.34. The highest BCUT2D eigenvalue weighted by Crippen LogP contribution is 2.24. The van der Waals surface area contributed by atoms with Crippen LogP contribution in [0.2, 0.25) is 0 Å². The highest BCUT2D eigenvalue weighted by Gasteiger charge is 2.00. The van der Waals surface area contributed by atoms with E-state index in [1.165, 1.54) is 15.6 Å². The minimum atomic E-state index is 0.705. The lowest BCUT2D eigenvalue weighted by molar-refractivity contribution is 1.30. The third-order valence-corrected chi connectivity index (χ3v) is 3.24. The van der Waals surface area contributed by atoms with Gasteiger partial charge in [0.15, 0.2) is 0 Å². The summed E-state index contributed by atoms with van der Waals surface area (Å²) in [5.41, 5.74) is 3.62. The van der Waals surface area contributed by atoms with Crippen molar-refractivity contribution in [3.63, 3.8) is 0 Å². The summed E-state index contributed by atoms with van der Waals surface area (Å²) in [6, 6.07) is 4.24. The van der Waals surface area contributed by atoms with Gasteiger partial charge in [0.1, 0.15) is 0 Å². The molecule has 0 aliphatic carbocycles. The molecule has 0 saturated carbocycles. The monoisotopic (exact) mass is 251 g/mol. The topological polar surface area (TPSA) is 12.0 Å². The second kappa shape index (κ2) is 5.07. The zero-order valence-corrected chi connectivity index (χ0v) is 10.3. The zero-order valence-electron chi connectivity index (χ0n) is 8.74. The van der Waals surface area contributed by atoms with E-state index in [2.05, 4.69) is 59.1 Å². The van der Waals surface area contributed by atoms with Crippen LogP contribution in [0, 0.1) is 25.7 Å². The highest BCUT2D eigenvalue weighted by molar-refractivity contribution is 9.10. The third-order valence-electron chi connectivity index (χ3n) is 1.99. The van der Waals surface area contributed by atoms with E-state index < -0.39 is 0 Å². The Kier molecular flexibility index (Phi) is 4.03. The lowest BCUT2D eigenvalue weighted by Gasteiger charge is -2.08. The van der Waals surface area contributed by atoms with Gasteiger partial charge in [-0.05, 0) is 44.0 Å². The fraction of sp³-hybridized carbons (Fsp3) is 0.333. The van der Waals surface area contributed by atoms with Crippen LogP contribution in [-0.2, 0) is 0 Å². The predicted molar refractivity (Wildman–Crippen MR) is 65.6 cm³/mol. The maximum absolute atomic E-state index is 3.54. The normalized spacial score (nSPS) is 9.14. The number of hydrogen-bond acceptors (Lipinski definition) is 1. The van der Waals surface area contributed by atoms with Crippen LogP contribution in [0.5, 0.6) is 0 Å². The molecule has 1 N–H and O–H groups in total. The Morgan fingerprint density at radius 1 is 1.29 bits per heavy atom. The van der Waals surface area contributed by atoms with Crippen LogP contribution < -0.4 is 5.32 Å². The zero-order chi connectivity index (χ0) is 10.6. The number of halogens is 1. The van der Waals surface area contributed by atoms with E-state index in [-0.39, 0.29) is 0 Å². The van der Waals surface area contributed by atoms with Crippen molar-refractivity contribution >= 4 is 21.6 Å².